The molecule has 0 aliphatic heterocycles. The molecule has 1 aromatic heterocycles. The van der Waals surface area contributed by atoms with E-state index in [0.717, 1.165) is 0 Å². The van der Waals surface area contributed by atoms with Crippen molar-refractivity contribution in [2.75, 3.05) is 6.54 Å². The summed E-state index contributed by atoms with van der Waals surface area (Å²) in [6, 6.07) is 3.12. The molecular weight excluding hydrogens is 232 g/mol. The van der Waals surface area contributed by atoms with E-state index in [1.54, 1.807) is 19.3 Å². The van der Waals surface area contributed by atoms with E-state index in [9.17, 15) is 13.2 Å². The molecule has 0 radical (unpaired) electrons. The number of aryl methyl sites for hydroxylation is 1. The van der Waals surface area contributed by atoms with Crippen molar-refractivity contribution >= 4 is 16.0 Å². The second kappa shape index (κ2) is 5.13. The smallest absolute Gasteiger partial charge is 0.303 e. The molecule has 6 nitrogen and oxygen atoms in total. The van der Waals surface area contributed by atoms with Gasteiger partial charge in [-0.15, -0.1) is 0 Å². The fourth-order valence-electron chi connectivity index (χ4n) is 1.24. The highest BCUT2D eigenvalue weighted by Crippen LogP contribution is 2.07. The number of aromatic nitrogens is 1. The molecule has 0 unspecified atom stereocenters. The fourth-order valence-corrected chi connectivity index (χ4v) is 2.50. The Morgan fingerprint density at radius 1 is 1.56 bits per heavy atom. The minimum Gasteiger partial charge on any atom is -0.481 e. The van der Waals surface area contributed by atoms with Gasteiger partial charge in [0.05, 0.1) is 0 Å². The van der Waals surface area contributed by atoms with Crippen molar-refractivity contribution in [2.45, 2.75) is 17.9 Å². The summed E-state index contributed by atoms with van der Waals surface area (Å²) in [7, 11) is -1.89. The molecule has 0 amide bonds. The van der Waals surface area contributed by atoms with E-state index in [1.165, 1.54) is 10.6 Å². The predicted molar refractivity (Wildman–Crippen MR) is 57.5 cm³/mol. The number of rotatable bonds is 6. The summed E-state index contributed by atoms with van der Waals surface area (Å²) in [5.41, 5.74) is 0. The van der Waals surface area contributed by atoms with Gasteiger partial charge in [0.1, 0.15) is 5.03 Å². The summed E-state index contributed by atoms with van der Waals surface area (Å²) in [6.07, 6.45) is 1.86. The highest BCUT2D eigenvalue weighted by molar-refractivity contribution is 7.89. The molecule has 0 fully saturated rings. The second-order valence-electron chi connectivity index (χ2n) is 3.35. The lowest BCUT2D eigenvalue weighted by molar-refractivity contribution is -0.137. The van der Waals surface area contributed by atoms with E-state index in [-0.39, 0.29) is 24.4 Å². The van der Waals surface area contributed by atoms with Crippen LogP contribution in [0, 0.1) is 0 Å². The maximum Gasteiger partial charge on any atom is 0.303 e. The molecule has 1 rings (SSSR count). The predicted octanol–water partition coefficient (Wildman–Crippen LogP) is 0.168. The Morgan fingerprint density at radius 2 is 2.25 bits per heavy atom. The topological polar surface area (TPSA) is 88.4 Å². The Morgan fingerprint density at radius 3 is 2.75 bits per heavy atom. The molecule has 0 aromatic carbocycles. The summed E-state index contributed by atoms with van der Waals surface area (Å²) >= 11 is 0. The van der Waals surface area contributed by atoms with Crippen molar-refractivity contribution in [3.05, 3.63) is 18.3 Å². The van der Waals surface area contributed by atoms with Crippen molar-refractivity contribution < 1.29 is 18.3 Å². The lowest BCUT2D eigenvalue weighted by Gasteiger charge is -2.06. The normalized spacial score (nSPS) is 11.6. The third-order valence-electron chi connectivity index (χ3n) is 2.03. The molecule has 0 bridgehead atoms. The molecule has 0 saturated heterocycles. The van der Waals surface area contributed by atoms with E-state index < -0.39 is 16.0 Å². The van der Waals surface area contributed by atoms with E-state index in [0.29, 0.717) is 0 Å². The van der Waals surface area contributed by atoms with Gasteiger partial charge in [0.25, 0.3) is 10.0 Å². The van der Waals surface area contributed by atoms with Gasteiger partial charge in [-0.05, 0) is 18.6 Å². The lowest BCUT2D eigenvalue weighted by Crippen LogP contribution is -2.26. The number of carboxylic acid groups (broad SMARTS) is 1. The van der Waals surface area contributed by atoms with Crippen LogP contribution in [0.4, 0.5) is 0 Å². The van der Waals surface area contributed by atoms with Crippen LogP contribution in [0.25, 0.3) is 0 Å². The summed E-state index contributed by atoms with van der Waals surface area (Å²) in [4.78, 5) is 10.2. The summed E-state index contributed by atoms with van der Waals surface area (Å²) in [5.74, 6) is -0.932. The van der Waals surface area contributed by atoms with E-state index >= 15 is 0 Å². The van der Waals surface area contributed by atoms with Crippen LogP contribution in [0.3, 0.4) is 0 Å². The number of carbonyl (C=O) groups is 1. The minimum absolute atomic E-state index is 0.0460. The maximum atomic E-state index is 11.7. The van der Waals surface area contributed by atoms with Crippen LogP contribution in [0.2, 0.25) is 0 Å². The van der Waals surface area contributed by atoms with E-state index in [2.05, 4.69) is 4.72 Å². The second-order valence-corrected chi connectivity index (χ2v) is 5.07. The van der Waals surface area contributed by atoms with Crippen LogP contribution in [0.15, 0.2) is 23.4 Å². The van der Waals surface area contributed by atoms with Crippen molar-refractivity contribution in [2.24, 2.45) is 7.05 Å². The van der Waals surface area contributed by atoms with E-state index in [1.807, 2.05) is 0 Å². The monoisotopic (exact) mass is 246 g/mol. The molecule has 0 saturated carbocycles. The zero-order chi connectivity index (χ0) is 12.2. The molecule has 0 atom stereocenters. The van der Waals surface area contributed by atoms with Crippen LogP contribution >= 0.6 is 0 Å². The number of aliphatic carboxylic acids is 1. The van der Waals surface area contributed by atoms with Gasteiger partial charge >= 0.3 is 5.97 Å². The van der Waals surface area contributed by atoms with Crippen molar-refractivity contribution in [1.82, 2.24) is 9.29 Å². The average molecular weight is 246 g/mol. The van der Waals surface area contributed by atoms with Crippen molar-refractivity contribution in [3.8, 4) is 0 Å². The van der Waals surface area contributed by atoms with Crippen LogP contribution in [0.5, 0.6) is 0 Å². The Labute approximate surface area is 93.9 Å². The fraction of sp³-hybridized carbons (Fsp3) is 0.444. The van der Waals surface area contributed by atoms with Crippen LogP contribution in [-0.4, -0.2) is 30.6 Å². The van der Waals surface area contributed by atoms with Gasteiger partial charge < -0.3 is 9.67 Å². The Hall–Kier alpha value is -1.34. The van der Waals surface area contributed by atoms with Gasteiger partial charge in [-0.25, -0.2) is 13.1 Å². The summed E-state index contributed by atoms with van der Waals surface area (Å²) < 4.78 is 27.2. The Kier molecular flexibility index (Phi) is 4.08. The first-order valence-corrected chi connectivity index (χ1v) is 6.24. The molecule has 2 N–H and O–H groups in total. The minimum atomic E-state index is -3.53. The molecule has 90 valence electrons. The molecule has 16 heavy (non-hydrogen) atoms. The standard InChI is InChI=1S/C9H14N2O4S/c1-11-7-3-4-8(11)16(14,15)10-6-2-5-9(12)13/h3-4,7,10H,2,5-6H2,1H3,(H,12,13). The van der Waals surface area contributed by atoms with Gasteiger partial charge in [0.2, 0.25) is 0 Å². The number of sulfonamides is 1. The number of hydrogen-bond donors (Lipinski definition) is 2. The third-order valence-corrected chi connectivity index (χ3v) is 3.59. The first-order chi connectivity index (χ1) is 7.43. The summed E-state index contributed by atoms with van der Waals surface area (Å²) in [5, 5.41) is 8.56. The number of nitrogens with one attached hydrogen (secondary N) is 1. The SMILES string of the molecule is Cn1cccc1S(=O)(=O)NCCCC(=O)O. The van der Waals surface area contributed by atoms with Crippen molar-refractivity contribution in [1.29, 1.82) is 0 Å². The quantitative estimate of drug-likeness (QED) is 0.700. The largest absolute Gasteiger partial charge is 0.481 e. The zero-order valence-corrected chi connectivity index (χ0v) is 9.70. The summed E-state index contributed by atoms with van der Waals surface area (Å²) in [6.45, 7) is 0.125. The van der Waals surface area contributed by atoms with E-state index in [4.69, 9.17) is 5.11 Å². The highest BCUT2D eigenvalue weighted by Gasteiger charge is 2.15. The third kappa shape index (κ3) is 3.35. The molecule has 7 heteroatoms. The average Bonchev–Trinajstić information content (AvgIpc) is 2.59. The number of nitrogens with zero attached hydrogens (tertiary/aromatic N) is 1. The Bertz CT molecular complexity index is 464. The maximum absolute atomic E-state index is 11.7. The molecule has 1 heterocycles. The van der Waals surface area contributed by atoms with Crippen molar-refractivity contribution in [3.63, 3.8) is 0 Å². The lowest BCUT2D eigenvalue weighted by atomic mass is 10.3. The van der Waals surface area contributed by atoms with Gasteiger partial charge in [-0.2, -0.15) is 0 Å². The van der Waals surface area contributed by atoms with Crippen LogP contribution in [-0.2, 0) is 21.9 Å². The van der Waals surface area contributed by atoms with Gasteiger partial charge in [0.15, 0.2) is 0 Å². The van der Waals surface area contributed by atoms with Gasteiger partial charge in [0, 0.05) is 26.2 Å². The number of carboxylic acids is 1. The van der Waals surface area contributed by atoms with Crippen LogP contribution < -0.4 is 4.72 Å². The van der Waals surface area contributed by atoms with Gasteiger partial charge in [-0.3, -0.25) is 4.79 Å². The molecule has 0 aliphatic carbocycles. The zero-order valence-electron chi connectivity index (χ0n) is 8.88. The molecule has 0 aliphatic rings. The molecular formula is C9H14N2O4S. The van der Waals surface area contributed by atoms with Crippen LogP contribution in [0.1, 0.15) is 12.8 Å². The Balaban J connectivity index is 2.54. The van der Waals surface area contributed by atoms with Gasteiger partial charge in [-0.1, -0.05) is 0 Å². The molecule has 1 aromatic rings. The first kappa shape index (κ1) is 12.7. The number of hydrogen-bond acceptors (Lipinski definition) is 3. The highest BCUT2D eigenvalue weighted by atomic mass is 32.2. The first-order valence-electron chi connectivity index (χ1n) is 4.76. The molecule has 0 spiro atoms.